The topological polar surface area (TPSA) is 70.5 Å². The number of nitrogen functional groups attached to an aromatic ring is 2. The van der Waals surface area contributed by atoms with E-state index in [1.54, 1.807) is 0 Å². The Morgan fingerprint density at radius 1 is 0.417 bits per heavy atom. The number of benzene rings is 4. The summed E-state index contributed by atoms with van der Waals surface area (Å²) in [5.41, 5.74) is 19.7. The standard InChI is InChI=1S/C44H48N2O2/c45-33-9-11-41(37(19-33)43-21-27-13-28(22-43)15-29(14-27)23-43)47-39-7-3-1-5-35(39)36-6-2-4-8-40(36)48-42-12-10-34(46)20-38(42)44-24-30-16-31(25-44)18-32(17-30)26-44/h1-12,19-20,27-32H,13-18,21-26,45-46H2. The molecule has 8 fully saturated rings. The number of rotatable bonds is 7. The van der Waals surface area contributed by atoms with Gasteiger partial charge in [-0.3, -0.25) is 0 Å². The average Bonchev–Trinajstić information content (AvgIpc) is 3.06. The predicted molar refractivity (Wildman–Crippen MR) is 193 cm³/mol. The van der Waals surface area contributed by atoms with Crippen molar-refractivity contribution in [3.05, 3.63) is 96.1 Å². The van der Waals surface area contributed by atoms with E-state index >= 15 is 0 Å². The normalized spacial score (nSPS) is 34.0. The van der Waals surface area contributed by atoms with Crippen LogP contribution in [0.15, 0.2) is 84.9 Å². The predicted octanol–water partition coefficient (Wildman–Crippen LogP) is 11.0. The fourth-order valence-electron chi connectivity index (χ4n) is 12.8. The van der Waals surface area contributed by atoms with Crippen molar-refractivity contribution >= 4 is 11.4 Å². The van der Waals surface area contributed by atoms with Gasteiger partial charge in [-0.25, -0.2) is 0 Å². The summed E-state index contributed by atoms with van der Waals surface area (Å²) in [6, 6.07) is 29.6. The van der Waals surface area contributed by atoms with Crippen molar-refractivity contribution in [2.24, 2.45) is 35.5 Å². The maximum absolute atomic E-state index is 7.02. The first-order chi connectivity index (χ1) is 23.4. The van der Waals surface area contributed by atoms with Gasteiger partial charge in [0.25, 0.3) is 0 Å². The van der Waals surface area contributed by atoms with Crippen molar-refractivity contribution in [2.45, 2.75) is 87.9 Å². The summed E-state index contributed by atoms with van der Waals surface area (Å²) in [5.74, 6) is 8.69. The highest BCUT2D eigenvalue weighted by Crippen LogP contribution is 2.64. The fourth-order valence-corrected chi connectivity index (χ4v) is 12.8. The van der Waals surface area contributed by atoms with E-state index in [-0.39, 0.29) is 10.8 Å². The number of anilines is 2. The lowest BCUT2D eigenvalue weighted by Gasteiger charge is -2.57. The first kappa shape index (κ1) is 29.0. The maximum atomic E-state index is 7.02. The number of nitrogens with two attached hydrogens (primary N) is 2. The smallest absolute Gasteiger partial charge is 0.135 e. The van der Waals surface area contributed by atoms with Gasteiger partial charge in [-0.05, 0) is 172 Å². The van der Waals surface area contributed by atoms with E-state index in [2.05, 4.69) is 72.8 Å². The zero-order valence-electron chi connectivity index (χ0n) is 28.0. The molecule has 4 nitrogen and oxygen atoms in total. The van der Waals surface area contributed by atoms with Gasteiger partial charge < -0.3 is 20.9 Å². The van der Waals surface area contributed by atoms with Gasteiger partial charge in [0.2, 0.25) is 0 Å². The van der Waals surface area contributed by atoms with Crippen LogP contribution in [-0.2, 0) is 10.8 Å². The molecule has 0 spiro atoms. The molecular formula is C44H48N2O2. The molecule has 4 N–H and O–H groups in total. The van der Waals surface area contributed by atoms with Crippen molar-refractivity contribution in [1.82, 2.24) is 0 Å². The second-order valence-corrected chi connectivity index (χ2v) is 17.1. The molecule has 4 aromatic carbocycles. The zero-order chi connectivity index (χ0) is 32.0. The lowest BCUT2D eigenvalue weighted by Crippen LogP contribution is -2.48. The average molecular weight is 637 g/mol. The fraction of sp³-hybridized carbons (Fsp3) is 0.455. The van der Waals surface area contributed by atoms with E-state index in [4.69, 9.17) is 20.9 Å². The molecule has 0 aliphatic heterocycles. The van der Waals surface area contributed by atoms with Gasteiger partial charge in [0, 0.05) is 33.6 Å². The molecule has 0 radical (unpaired) electrons. The molecule has 0 atom stereocenters. The summed E-state index contributed by atoms with van der Waals surface area (Å²) < 4.78 is 14.0. The molecule has 8 bridgehead atoms. The van der Waals surface area contributed by atoms with Crippen LogP contribution in [0.1, 0.15) is 88.2 Å². The number of hydrogen-bond acceptors (Lipinski definition) is 4. The van der Waals surface area contributed by atoms with Crippen LogP contribution in [0.4, 0.5) is 11.4 Å². The highest BCUT2D eigenvalue weighted by atomic mass is 16.5. The van der Waals surface area contributed by atoms with Gasteiger partial charge >= 0.3 is 0 Å². The van der Waals surface area contributed by atoms with Crippen LogP contribution in [0.25, 0.3) is 11.1 Å². The van der Waals surface area contributed by atoms with Crippen molar-refractivity contribution in [3.8, 4) is 34.1 Å². The van der Waals surface area contributed by atoms with Crippen molar-refractivity contribution in [3.63, 3.8) is 0 Å². The van der Waals surface area contributed by atoms with Gasteiger partial charge in [-0.2, -0.15) is 0 Å². The van der Waals surface area contributed by atoms with Crippen LogP contribution in [0.2, 0.25) is 0 Å². The molecule has 4 aromatic rings. The minimum absolute atomic E-state index is 0.179. The minimum atomic E-state index is 0.179. The van der Waals surface area contributed by atoms with Gasteiger partial charge in [0.1, 0.15) is 23.0 Å². The van der Waals surface area contributed by atoms with E-state index in [0.717, 1.165) is 81.0 Å². The summed E-state index contributed by atoms with van der Waals surface area (Å²) in [6.07, 6.45) is 16.1. The van der Waals surface area contributed by atoms with Crippen LogP contribution in [0.5, 0.6) is 23.0 Å². The lowest BCUT2D eigenvalue weighted by atomic mass is 9.48. The Hall–Kier alpha value is -3.92. The SMILES string of the molecule is Nc1ccc(Oc2ccccc2-c2ccccc2Oc2ccc(N)cc2C23CC4CC(CC(C4)C2)C3)c(C23CC4CC(CC(C4)C2)C3)c1. The van der Waals surface area contributed by atoms with E-state index in [1.165, 1.54) is 88.2 Å². The van der Waals surface area contributed by atoms with Crippen LogP contribution >= 0.6 is 0 Å². The monoisotopic (exact) mass is 636 g/mol. The Labute approximate surface area is 285 Å². The zero-order valence-corrected chi connectivity index (χ0v) is 28.0. The van der Waals surface area contributed by atoms with E-state index in [0.29, 0.717) is 0 Å². The lowest BCUT2D eigenvalue weighted by molar-refractivity contribution is -0.00610. The summed E-state index contributed by atoms with van der Waals surface area (Å²) in [5, 5.41) is 0. The Kier molecular flexibility index (Phi) is 6.53. The molecule has 0 heterocycles. The van der Waals surface area contributed by atoms with Crippen molar-refractivity contribution in [2.75, 3.05) is 11.5 Å². The molecule has 0 unspecified atom stereocenters. The molecule has 12 rings (SSSR count). The molecule has 0 saturated heterocycles. The van der Waals surface area contributed by atoms with Crippen molar-refractivity contribution < 1.29 is 9.47 Å². The first-order valence-corrected chi connectivity index (χ1v) is 18.7. The highest BCUT2D eigenvalue weighted by molar-refractivity contribution is 5.77. The maximum Gasteiger partial charge on any atom is 0.135 e. The second kappa shape index (κ2) is 10.8. The van der Waals surface area contributed by atoms with Gasteiger partial charge in [-0.15, -0.1) is 0 Å². The summed E-state index contributed by atoms with van der Waals surface area (Å²) >= 11 is 0. The quantitative estimate of drug-likeness (QED) is 0.198. The van der Waals surface area contributed by atoms with E-state index < -0.39 is 0 Å². The third-order valence-corrected chi connectivity index (χ3v) is 13.7. The third-order valence-electron chi connectivity index (χ3n) is 13.7. The van der Waals surface area contributed by atoms with Crippen LogP contribution in [-0.4, -0.2) is 0 Å². The van der Waals surface area contributed by atoms with Crippen LogP contribution in [0.3, 0.4) is 0 Å². The minimum Gasteiger partial charge on any atom is -0.456 e. The number of para-hydroxylation sites is 2. The number of ether oxygens (including phenoxy) is 2. The molecule has 246 valence electrons. The van der Waals surface area contributed by atoms with E-state index in [9.17, 15) is 0 Å². The Bertz CT molecular complexity index is 1690. The van der Waals surface area contributed by atoms with Crippen LogP contribution in [0, 0.1) is 35.5 Å². The first-order valence-electron chi connectivity index (χ1n) is 18.7. The molecule has 8 aliphatic carbocycles. The molecule has 8 saturated carbocycles. The number of hydrogen-bond donors (Lipinski definition) is 2. The molecule has 48 heavy (non-hydrogen) atoms. The molecule has 0 aromatic heterocycles. The Morgan fingerprint density at radius 2 is 0.750 bits per heavy atom. The largest absolute Gasteiger partial charge is 0.456 e. The third kappa shape index (κ3) is 4.76. The Morgan fingerprint density at radius 3 is 1.10 bits per heavy atom. The highest BCUT2D eigenvalue weighted by Gasteiger charge is 2.54. The van der Waals surface area contributed by atoms with Crippen molar-refractivity contribution in [1.29, 1.82) is 0 Å². The molecule has 8 aliphatic rings. The van der Waals surface area contributed by atoms with Gasteiger partial charge in [0.05, 0.1) is 0 Å². The Balaban J connectivity index is 1.01. The molecular weight excluding hydrogens is 588 g/mol. The van der Waals surface area contributed by atoms with Gasteiger partial charge in [0.15, 0.2) is 0 Å². The molecule has 4 heteroatoms. The second-order valence-electron chi connectivity index (χ2n) is 17.1. The summed E-state index contributed by atoms with van der Waals surface area (Å²) in [6.45, 7) is 0. The molecule has 0 amide bonds. The summed E-state index contributed by atoms with van der Waals surface area (Å²) in [7, 11) is 0. The van der Waals surface area contributed by atoms with E-state index in [1.807, 2.05) is 12.1 Å². The summed E-state index contributed by atoms with van der Waals surface area (Å²) in [4.78, 5) is 0. The van der Waals surface area contributed by atoms with Gasteiger partial charge in [-0.1, -0.05) is 36.4 Å². The van der Waals surface area contributed by atoms with Crippen LogP contribution < -0.4 is 20.9 Å².